The van der Waals surface area contributed by atoms with Gasteiger partial charge < -0.3 is 5.11 Å². The summed E-state index contributed by atoms with van der Waals surface area (Å²) in [6.45, 7) is 3.46. The van der Waals surface area contributed by atoms with Crippen LogP contribution in [0.3, 0.4) is 0 Å². The second-order valence-corrected chi connectivity index (χ2v) is 10.7. The van der Waals surface area contributed by atoms with Gasteiger partial charge in [-0.3, -0.25) is 9.59 Å². The zero-order valence-corrected chi connectivity index (χ0v) is 18.6. The summed E-state index contributed by atoms with van der Waals surface area (Å²) in [5, 5.41) is 9.51. The van der Waals surface area contributed by atoms with Crippen molar-refractivity contribution in [2.45, 2.75) is 31.3 Å². The number of carboxylic acids is 1. The molecule has 0 bridgehead atoms. The van der Waals surface area contributed by atoms with Gasteiger partial charge in [-0.15, -0.1) is 11.3 Å². The van der Waals surface area contributed by atoms with Crippen LogP contribution in [0, 0.1) is 5.92 Å². The maximum absolute atomic E-state index is 13.0. The lowest BCUT2D eigenvalue weighted by molar-refractivity contribution is -0.143. The highest BCUT2D eigenvalue weighted by molar-refractivity contribution is 7.89. The normalized spacial score (nSPS) is 16.2. The molecule has 0 spiro atoms. The van der Waals surface area contributed by atoms with Gasteiger partial charge in [0.2, 0.25) is 10.0 Å². The van der Waals surface area contributed by atoms with Crippen molar-refractivity contribution in [3.05, 3.63) is 76.7 Å². The molecule has 31 heavy (non-hydrogen) atoms. The van der Waals surface area contributed by atoms with Crippen molar-refractivity contribution in [1.29, 1.82) is 0 Å². The minimum absolute atomic E-state index is 0.0576. The Hall–Kier alpha value is -2.81. The van der Waals surface area contributed by atoms with E-state index >= 15 is 0 Å². The lowest BCUT2D eigenvalue weighted by atomic mass is 10.0. The molecule has 0 radical (unpaired) electrons. The predicted molar refractivity (Wildman–Crippen MR) is 119 cm³/mol. The lowest BCUT2D eigenvalue weighted by Gasteiger charge is -2.25. The molecule has 0 amide bonds. The molecule has 0 saturated carbocycles. The van der Waals surface area contributed by atoms with Crippen LogP contribution in [0.15, 0.2) is 65.6 Å². The summed E-state index contributed by atoms with van der Waals surface area (Å²) in [6, 6.07) is 16.6. The Morgan fingerprint density at radius 2 is 1.61 bits per heavy atom. The number of nitrogens with zero attached hydrogens (tertiary/aromatic N) is 1. The summed E-state index contributed by atoms with van der Waals surface area (Å²) < 4.78 is 27.1. The van der Waals surface area contributed by atoms with E-state index in [4.69, 9.17) is 0 Å². The number of hydrogen-bond acceptors (Lipinski definition) is 5. The molecule has 1 aromatic heterocycles. The highest BCUT2D eigenvalue weighted by Gasteiger charge is 2.44. The molecule has 0 aliphatic carbocycles. The highest BCUT2D eigenvalue weighted by Crippen LogP contribution is 2.42. The summed E-state index contributed by atoms with van der Waals surface area (Å²) in [5.74, 6) is -1.57. The number of thiophene rings is 1. The van der Waals surface area contributed by atoms with Gasteiger partial charge in [0.1, 0.15) is 6.04 Å². The van der Waals surface area contributed by atoms with Crippen LogP contribution in [0.25, 0.3) is 10.4 Å². The van der Waals surface area contributed by atoms with E-state index in [0.717, 1.165) is 14.7 Å². The Morgan fingerprint density at radius 1 is 1.00 bits per heavy atom. The summed E-state index contributed by atoms with van der Waals surface area (Å²) in [7, 11) is -3.87. The first-order chi connectivity index (χ1) is 14.7. The molecule has 1 aliphatic heterocycles. The van der Waals surface area contributed by atoms with E-state index in [2.05, 4.69) is 0 Å². The SMILES string of the molecule is CC(C)C(C(=O)O)N1Cc2sc(-c3ccc(C(=O)c4ccccc4)cc3)cc2S1(=O)=O. The second-order valence-electron chi connectivity index (χ2n) is 7.75. The molecule has 160 valence electrons. The van der Waals surface area contributed by atoms with Gasteiger partial charge in [-0.2, -0.15) is 4.31 Å². The van der Waals surface area contributed by atoms with E-state index in [-0.39, 0.29) is 23.1 Å². The first-order valence-electron chi connectivity index (χ1n) is 9.77. The molecule has 1 atom stereocenters. The quantitative estimate of drug-likeness (QED) is 0.561. The van der Waals surface area contributed by atoms with Crippen LogP contribution in [0.2, 0.25) is 0 Å². The number of carbonyl (C=O) groups is 2. The van der Waals surface area contributed by atoms with Crippen molar-refractivity contribution in [2.24, 2.45) is 5.92 Å². The molecule has 8 heteroatoms. The Bertz CT molecular complexity index is 1240. The van der Waals surface area contributed by atoms with E-state index in [1.807, 2.05) is 18.2 Å². The minimum Gasteiger partial charge on any atom is -0.480 e. The molecule has 1 N–H and O–H groups in total. The lowest BCUT2D eigenvalue weighted by Crippen LogP contribution is -2.44. The van der Waals surface area contributed by atoms with Crippen LogP contribution in [0.5, 0.6) is 0 Å². The third-order valence-electron chi connectivity index (χ3n) is 5.32. The van der Waals surface area contributed by atoms with Crippen LogP contribution >= 0.6 is 11.3 Å². The average Bonchev–Trinajstić information content (AvgIpc) is 3.26. The van der Waals surface area contributed by atoms with E-state index in [1.54, 1.807) is 56.3 Å². The van der Waals surface area contributed by atoms with Gasteiger partial charge in [0, 0.05) is 20.9 Å². The van der Waals surface area contributed by atoms with Crippen molar-refractivity contribution >= 4 is 33.1 Å². The van der Waals surface area contributed by atoms with Crippen molar-refractivity contribution in [2.75, 3.05) is 0 Å². The van der Waals surface area contributed by atoms with Crippen LogP contribution < -0.4 is 0 Å². The predicted octanol–water partition coefficient (Wildman–Crippen LogP) is 4.26. The maximum atomic E-state index is 13.0. The zero-order chi connectivity index (χ0) is 22.3. The molecule has 4 rings (SSSR count). The van der Waals surface area contributed by atoms with Crippen LogP contribution in [0.4, 0.5) is 0 Å². The topological polar surface area (TPSA) is 91.8 Å². The first kappa shape index (κ1) is 21.4. The summed E-state index contributed by atoms with van der Waals surface area (Å²) in [4.78, 5) is 25.8. The Balaban J connectivity index is 1.61. The highest BCUT2D eigenvalue weighted by atomic mass is 32.2. The van der Waals surface area contributed by atoms with E-state index in [9.17, 15) is 23.1 Å². The van der Waals surface area contributed by atoms with Gasteiger partial charge >= 0.3 is 5.97 Å². The molecule has 0 fully saturated rings. The van der Waals surface area contributed by atoms with Crippen molar-refractivity contribution in [3.63, 3.8) is 0 Å². The standard InChI is InChI=1S/C23H21NO5S2/c1-14(2)21(23(26)27)24-13-19-20(31(24,28)29)12-18(30-19)15-8-10-17(11-9-15)22(25)16-6-4-3-5-7-16/h3-12,14,21H,13H2,1-2H3,(H,26,27). The van der Waals surface area contributed by atoms with Gasteiger partial charge in [0.25, 0.3) is 0 Å². The second kappa shape index (κ2) is 8.03. The number of aliphatic carboxylic acids is 1. The van der Waals surface area contributed by atoms with Gasteiger partial charge in [-0.1, -0.05) is 68.4 Å². The molecule has 0 saturated heterocycles. The summed E-state index contributed by atoms with van der Waals surface area (Å²) in [6.07, 6.45) is 0. The molecular formula is C23H21NO5S2. The molecule has 6 nitrogen and oxygen atoms in total. The molecular weight excluding hydrogens is 434 g/mol. The smallest absolute Gasteiger partial charge is 0.322 e. The minimum atomic E-state index is -3.87. The number of hydrogen-bond donors (Lipinski definition) is 1. The fourth-order valence-electron chi connectivity index (χ4n) is 3.77. The molecule has 1 unspecified atom stereocenters. The van der Waals surface area contributed by atoms with Crippen molar-refractivity contribution in [3.8, 4) is 10.4 Å². The van der Waals surface area contributed by atoms with E-state index in [1.165, 1.54) is 11.3 Å². The summed E-state index contributed by atoms with van der Waals surface area (Å²) >= 11 is 1.33. The Labute approximate surface area is 184 Å². The third kappa shape index (κ3) is 3.82. The molecule has 1 aliphatic rings. The fourth-order valence-corrected chi connectivity index (χ4v) is 7.23. The molecule has 2 aromatic carbocycles. The van der Waals surface area contributed by atoms with Crippen LogP contribution in [0.1, 0.15) is 34.6 Å². The number of rotatable bonds is 6. The van der Waals surface area contributed by atoms with E-state index < -0.39 is 22.0 Å². The summed E-state index contributed by atoms with van der Waals surface area (Å²) in [5.41, 5.74) is 1.97. The molecule has 3 aromatic rings. The Kier molecular flexibility index (Phi) is 5.55. The number of carboxylic acid groups (broad SMARTS) is 1. The zero-order valence-electron chi connectivity index (χ0n) is 17.0. The fraction of sp³-hybridized carbons (Fsp3) is 0.217. The largest absolute Gasteiger partial charge is 0.480 e. The van der Waals surface area contributed by atoms with E-state index in [0.29, 0.717) is 16.0 Å². The van der Waals surface area contributed by atoms with Crippen molar-refractivity contribution < 1.29 is 23.1 Å². The maximum Gasteiger partial charge on any atom is 0.322 e. The van der Waals surface area contributed by atoms with Gasteiger partial charge in [-0.05, 0) is 17.5 Å². The third-order valence-corrected chi connectivity index (χ3v) is 8.51. The number of benzene rings is 2. The van der Waals surface area contributed by atoms with Gasteiger partial charge in [0.05, 0.1) is 11.4 Å². The molecule has 2 heterocycles. The monoisotopic (exact) mass is 455 g/mol. The van der Waals surface area contributed by atoms with Gasteiger partial charge in [0.15, 0.2) is 5.78 Å². The number of sulfonamides is 1. The van der Waals surface area contributed by atoms with Gasteiger partial charge in [-0.25, -0.2) is 8.42 Å². The van der Waals surface area contributed by atoms with Crippen LogP contribution in [-0.4, -0.2) is 35.6 Å². The first-order valence-corrected chi connectivity index (χ1v) is 12.0. The Morgan fingerprint density at radius 3 is 2.16 bits per heavy atom. The average molecular weight is 456 g/mol. The number of ketones is 1. The number of fused-ring (bicyclic) bond motifs is 1. The van der Waals surface area contributed by atoms with Crippen LogP contribution in [-0.2, 0) is 21.4 Å². The van der Waals surface area contributed by atoms with Crippen molar-refractivity contribution in [1.82, 2.24) is 4.31 Å². The number of carbonyl (C=O) groups excluding carboxylic acids is 1.